The average molecular weight is 736 g/mol. The summed E-state index contributed by atoms with van der Waals surface area (Å²) in [6, 6.07) is 33.4. The lowest BCUT2D eigenvalue weighted by Crippen LogP contribution is -2.41. The van der Waals surface area contributed by atoms with Gasteiger partial charge in [-0.3, -0.25) is 9.47 Å². The Morgan fingerprint density at radius 1 is 0.679 bits per heavy atom. The van der Waals surface area contributed by atoms with Crippen molar-refractivity contribution in [1.82, 2.24) is 14.5 Å². The van der Waals surface area contributed by atoms with Crippen LogP contribution < -0.4 is 4.90 Å². The first-order valence-corrected chi connectivity index (χ1v) is 19.9. The van der Waals surface area contributed by atoms with Crippen molar-refractivity contribution in [2.45, 2.75) is 97.6 Å². The number of hydrogen-bond acceptors (Lipinski definition) is 5. The molecular weight excluding hydrogens is 687 g/mol. The zero-order chi connectivity index (χ0) is 39.1. The summed E-state index contributed by atoms with van der Waals surface area (Å²) in [5.74, 6) is 2.41. The molecule has 5 heterocycles. The number of aliphatic imine (C=N–C) groups is 1. The van der Waals surface area contributed by atoms with E-state index in [2.05, 4.69) is 164 Å². The zero-order valence-corrected chi connectivity index (χ0v) is 34.2. The van der Waals surface area contributed by atoms with Crippen LogP contribution in [0.25, 0.3) is 27.6 Å². The molecule has 0 bridgehead atoms. The Bertz CT molecular complexity index is 2850. The van der Waals surface area contributed by atoms with Gasteiger partial charge in [-0.05, 0) is 134 Å². The van der Waals surface area contributed by atoms with Crippen molar-refractivity contribution in [3.8, 4) is 5.82 Å². The highest BCUT2D eigenvalue weighted by Crippen LogP contribution is 2.56. The van der Waals surface area contributed by atoms with Crippen molar-refractivity contribution in [3.63, 3.8) is 0 Å². The molecule has 0 fully saturated rings. The van der Waals surface area contributed by atoms with Crippen LogP contribution in [0, 0.1) is 20.8 Å². The molecule has 0 radical (unpaired) electrons. The highest BCUT2D eigenvalue weighted by atomic mass is 16.5. The lowest BCUT2D eigenvalue weighted by Gasteiger charge is -2.41. The number of ether oxygens (including phenoxy) is 1. The molecule has 6 nitrogen and oxygen atoms in total. The predicted molar refractivity (Wildman–Crippen MR) is 230 cm³/mol. The first-order valence-electron chi connectivity index (χ1n) is 19.9. The van der Waals surface area contributed by atoms with E-state index in [1.165, 1.54) is 55.3 Å². The van der Waals surface area contributed by atoms with Gasteiger partial charge in [0.05, 0.1) is 22.4 Å². The lowest BCUT2D eigenvalue weighted by atomic mass is 9.73. The molecule has 0 amide bonds. The molecule has 10 rings (SSSR count). The smallest absolute Gasteiger partial charge is 0.217 e. The standard InChI is InChI=1S/C50H49N5O/c1-29-15-18-40-34(23-29)35-26-39-43(27-42(35)54(40)45-25-33(20-22-52-45)47(4,5)6)55(41-14-12-11-13-38(41)48(39,7)8)44-24-32(19-21-51-44)46-53-50(10)37-17-16-30(2)31(3)36(37)28-49(50,9)56-46/h11-27H,28H2,1-10H3/t49-,50+/m0/s1. The van der Waals surface area contributed by atoms with Crippen molar-refractivity contribution in [2.24, 2.45) is 4.99 Å². The van der Waals surface area contributed by atoms with Gasteiger partial charge in [0.2, 0.25) is 5.90 Å². The summed E-state index contributed by atoms with van der Waals surface area (Å²) in [7, 11) is 0. The van der Waals surface area contributed by atoms with Crippen LogP contribution in [0.1, 0.15) is 98.5 Å². The molecule has 6 heteroatoms. The molecule has 0 spiro atoms. The van der Waals surface area contributed by atoms with E-state index in [4.69, 9.17) is 19.7 Å². The molecule has 2 atom stereocenters. The minimum absolute atomic E-state index is 0.0182. The summed E-state index contributed by atoms with van der Waals surface area (Å²) in [5.41, 5.74) is 14.4. The van der Waals surface area contributed by atoms with Gasteiger partial charge >= 0.3 is 0 Å². The van der Waals surface area contributed by atoms with Crippen LogP contribution in [0.5, 0.6) is 0 Å². The third-order valence-corrected chi connectivity index (χ3v) is 13.4. The molecule has 3 aliphatic rings. The first-order chi connectivity index (χ1) is 26.6. The summed E-state index contributed by atoms with van der Waals surface area (Å²) >= 11 is 0. The Balaban J connectivity index is 1.19. The Morgan fingerprint density at radius 2 is 1.43 bits per heavy atom. The molecule has 7 aromatic rings. The fraction of sp³-hybridized carbons (Fsp3) is 0.300. The molecule has 0 saturated carbocycles. The molecule has 1 aliphatic carbocycles. The van der Waals surface area contributed by atoms with Gasteiger partial charge < -0.3 is 4.74 Å². The fourth-order valence-corrected chi connectivity index (χ4v) is 9.73. The molecule has 280 valence electrons. The van der Waals surface area contributed by atoms with E-state index >= 15 is 0 Å². The number of para-hydroxylation sites is 1. The number of hydrogen-bond donors (Lipinski definition) is 0. The Labute approximate surface area is 329 Å². The lowest BCUT2D eigenvalue weighted by molar-refractivity contribution is 0.0476. The molecule has 56 heavy (non-hydrogen) atoms. The highest BCUT2D eigenvalue weighted by Gasteiger charge is 2.59. The van der Waals surface area contributed by atoms with Crippen molar-refractivity contribution in [2.75, 3.05) is 4.90 Å². The SMILES string of the molecule is Cc1ccc2c(c1)c1cc3c(cc1n2-c1cc(C(C)(C)C)ccn1)N(c1cc(C2=N[C@]4(C)c5ccc(C)c(C)c5C[C@]4(C)O2)ccn1)c1ccccc1C3(C)C. The molecule has 3 aromatic heterocycles. The number of pyridine rings is 2. The Morgan fingerprint density at radius 3 is 2.23 bits per heavy atom. The third kappa shape index (κ3) is 4.71. The maximum absolute atomic E-state index is 6.95. The van der Waals surface area contributed by atoms with E-state index < -0.39 is 11.1 Å². The minimum atomic E-state index is -0.483. The summed E-state index contributed by atoms with van der Waals surface area (Å²) in [6.45, 7) is 22.5. The van der Waals surface area contributed by atoms with Gasteiger partial charge in [-0.1, -0.05) is 76.6 Å². The van der Waals surface area contributed by atoms with Crippen LogP contribution >= 0.6 is 0 Å². The molecule has 0 saturated heterocycles. The predicted octanol–water partition coefficient (Wildman–Crippen LogP) is 11.9. The van der Waals surface area contributed by atoms with Crippen LogP contribution in [0.4, 0.5) is 17.2 Å². The van der Waals surface area contributed by atoms with Crippen molar-refractivity contribution in [3.05, 3.63) is 153 Å². The van der Waals surface area contributed by atoms with Crippen LogP contribution in [-0.4, -0.2) is 26.0 Å². The molecule has 4 aromatic carbocycles. The monoisotopic (exact) mass is 735 g/mol. The van der Waals surface area contributed by atoms with Crippen LogP contribution in [0.3, 0.4) is 0 Å². The summed E-state index contributed by atoms with van der Waals surface area (Å²) in [5, 5.41) is 2.44. The van der Waals surface area contributed by atoms with Crippen LogP contribution in [0.2, 0.25) is 0 Å². The van der Waals surface area contributed by atoms with Gasteiger partial charge in [0.15, 0.2) is 0 Å². The van der Waals surface area contributed by atoms with E-state index in [1.54, 1.807) is 0 Å². The zero-order valence-electron chi connectivity index (χ0n) is 34.2. The molecule has 0 unspecified atom stereocenters. The largest absolute Gasteiger partial charge is 0.468 e. The van der Waals surface area contributed by atoms with Crippen molar-refractivity contribution >= 4 is 44.9 Å². The summed E-state index contributed by atoms with van der Waals surface area (Å²) < 4.78 is 9.29. The topological polar surface area (TPSA) is 55.5 Å². The third-order valence-electron chi connectivity index (χ3n) is 13.4. The van der Waals surface area contributed by atoms with Crippen LogP contribution in [0.15, 0.2) is 108 Å². The number of nitrogens with zero attached hydrogens (tertiary/aromatic N) is 5. The second-order valence-corrected chi connectivity index (χ2v) is 18.3. The van der Waals surface area contributed by atoms with Gasteiger partial charge in [-0.15, -0.1) is 0 Å². The molecule has 0 N–H and O–H groups in total. The number of rotatable bonds is 3. The Hall–Kier alpha value is -5.75. The van der Waals surface area contributed by atoms with Crippen molar-refractivity contribution < 1.29 is 4.74 Å². The quantitative estimate of drug-likeness (QED) is 0.181. The second-order valence-electron chi connectivity index (χ2n) is 18.3. The van der Waals surface area contributed by atoms with E-state index in [0.717, 1.165) is 46.0 Å². The number of anilines is 3. The number of aromatic nitrogens is 3. The van der Waals surface area contributed by atoms with Gasteiger partial charge in [0.1, 0.15) is 22.8 Å². The van der Waals surface area contributed by atoms with Gasteiger partial charge in [0, 0.05) is 40.6 Å². The normalized spacial score (nSPS) is 20.8. The van der Waals surface area contributed by atoms with Crippen LogP contribution in [-0.2, 0) is 27.5 Å². The maximum atomic E-state index is 6.95. The molecular formula is C50H49N5O. The minimum Gasteiger partial charge on any atom is -0.468 e. The summed E-state index contributed by atoms with van der Waals surface area (Å²) in [6.07, 6.45) is 4.68. The van der Waals surface area contributed by atoms with Gasteiger partial charge in [0.25, 0.3) is 0 Å². The number of aryl methyl sites for hydroxylation is 2. The van der Waals surface area contributed by atoms with Crippen molar-refractivity contribution in [1.29, 1.82) is 0 Å². The second kappa shape index (κ2) is 11.4. The van der Waals surface area contributed by atoms with Gasteiger partial charge in [-0.25, -0.2) is 15.0 Å². The van der Waals surface area contributed by atoms with E-state index in [0.29, 0.717) is 5.90 Å². The van der Waals surface area contributed by atoms with E-state index in [1.807, 2.05) is 18.5 Å². The molecule has 2 aliphatic heterocycles. The van der Waals surface area contributed by atoms with Gasteiger partial charge in [-0.2, -0.15) is 0 Å². The van der Waals surface area contributed by atoms with E-state index in [-0.39, 0.29) is 10.8 Å². The average Bonchev–Trinajstić information content (AvgIpc) is 3.71. The fourth-order valence-electron chi connectivity index (χ4n) is 9.73. The first kappa shape index (κ1) is 34.7. The summed E-state index contributed by atoms with van der Waals surface area (Å²) in [4.78, 5) is 17.8. The van der Waals surface area contributed by atoms with E-state index in [9.17, 15) is 0 Å². The Kier molecular flexibility index (Phi) is 7.07. The maximum Gasteiger partial charge on any atom is 0.217 e. The number of fused-ring (bicyclic) bond motifs is 8. The highest BCUT2D eigenvalue weighted by molar-refractivity contribution is 6.11. The number of benzene rings is 4.